The number of fused-ring (bicyclic) bond motifs is 1. The van der Waals surface area contributed by atoms with E-state index in [1.54, 1.807) is 13.3 Å². The van der Waals surface area contributed by atoms with Crippen LogP contribution in [0.15, 0.2) is 36.5 Å². The van der Waals surface area contributed by atoms with E-state index in [4.69, 9.17) is 20.1 Å². The molecular formula is C15H17N3O3. The standard InChI is InChI=1S/C15H17N3O3/c1-19-11-6-3-7-17-14(11)13(18-16)10-4-2-5-12-15(10)21-9-8-20-12/h2-7,13,18H,8-9,16H2,1H3. The van der Waals surface area contributed by atoms with Gasteiger partial charge >= 0.3 is 0 Å². The maximum absolute atomic E-state index is 5.75. The molecular weight excluding hydrogens is 270 g/mol. The third-order valence-corrected chi connectivity index (χ3v) is 3.37. The first-order chi connectivity index (χ1) is 10.3. The Kier molecular flexibility index (Phi) is 3.89. The summed E-state index contributed by atoms with van der Waals surface area (Å²) in [5.74, 6) is 7.82. The van der Waals surface area contributed by atoms with Crippen LogP contribution in [0.5, 0.6) is 17.2 Å². The lowest BCUT2D eigenvalue weighted by molar-refractivity contribution is 0.169. The molecule has 0 saturated heterocycles. The minimum absolute atomic E-state index is 0.349. The van der Waals surface area contributed by atoms with Gasteiger partial charge in [-0.3, -0.25) is 10.8 Å². The van der Waals surface area contributed by atoms with Crippen LogP contribution in [-0.2, 0) is 0 Å². The maximum Gasteiger partial charge on any atom is 0.166 e. The Morgan fingerprint density at radius 2 is 2.10 bits per heavy atom. The molecule has 0 aliphatic carbocycles. The van der Waals surface area contributed by atoms with Crippen LogP contribution in [0.25, 0.3) is 0 Å². The highest BCUT2D eigenvalue weighted by Gasteiger charge is 2.25. The highest BCUT2D eigenvalue weighted by atomic mass is 16.6. The van der Waals surface area contributed by atoms with E-state index in [-0.39, 0.29) is 6.04 Å². The van der Waals surface area contributed by atoms with E-state index in [1.807, 2.05) is 30.3 Å². The predicted molar refractivity (Wildman–Crippen MR) is 77.4 cm³/mol. The van der Waals surface area contributed by atoms with Gasteiger partial charge in [0.2, 0.25) is 0 Å². The summed E-state index contributed by atoms with van der Waals surface area (Å²) in [7, 11) is 1.61. The number of methoxy groups -OCH3 is 1. The number of nitrogens with zero attached hydrogens (tertiary/aromatic N) is 1. The molecule has 0 saturated carbocycles. The van der Waals surface area contributed by atoms with Gasteiger partial charge in [-0.2, -0.15) is 0 Å². The molecule has 21 heavy (non-hydrogen) atoms. The monoisotopic (exact) mass is 287 g/mol. The van der Waals surface area contributed by atoms with E-state index < -0.39 is 0 Å². The Morgan fingerprint density at radius 3 is 2.90 bits per heavy atom. The van der Waals surface area contributed by atoms with Gasteiger partial charge in [0.15, 0.2) is 11.5 Å². The normalized spacial score (nSPS) is 14.6. The van der Waals surface area contributed by atoms with Gasteiger partial charge in [-0.05, 0) is 18.2 Å². The van der Waals surface area contributed by atoms with Crippen LogP contribution in [0.1, 0.15) is 17.3 Å². The number of hydrogen-bond acceptors (Lipinski definition) is 6. The van der Waals surface area contributed by atoms with Crippen molar-refractivity contribution < 1.29 is 14.2 Å². The Morgan fingerprint density at radius 1 is 1.24 bits per heavy atom. The number of aromatic nitrogens is 1. The van der Waals surface area contributed by atoms with Crippen LogP contribution in [0.4, 0.5) is 0 Å². The summed E-state index contributed by atoms with van der Waals surface area (Å²) in [6, 6.07) is 9.03. The molecule has 3 rings (SSSR count). The first-order valence-corrected chi connectivity index (χ1v) is 6.68. The zero-order valence-electron chi connectivity index (χ0n) is 11.7. The zero-order chi connectivity index (χ0) is 14.7. The number of rotatable bonds is 4. The van der Waals surface area contributed by atoms with Gasteiger partial charge in [0, 0.05) is 11.8 Å². The number of benzene rings is 1. The second-order valence-electron chi connectivity index (χ2n) is 4.56. The average molecular weight is 287 g/mol. The van der Waals surface area contributed by atoms with Crippen molar-refractivity contribution in [3.05, 3.63) is 47.8 Å². The maximum atomic E-state index is 5.75. The number of pyridine rings is 1. The van der Waals surface area contributed by atoms with Crippen molar-refractivity contribution in [2.24, 2.45) is 5.84 Å². The summed E-state index contributed by atoms with van der Waals surface area (Å²) in [5, 5.41) is 0. The third-order valence-electron chi connectivity index (χ3n) is 3.37. The topological polar surface area (TPSA) is 78.6 Å². The lowest BCUT2D eigenvalue weighted by Crippen LogP contribution is -2.31. The summed E-state index contributed by atoms with van der Waals surface area (Å²) in [5.41, 5.74) is 4.35. The lowest BCUT2D eigenvalue weighted by atomic mass is 10.0. The number of para-hydroxylation sites is 1. The summed E-state index contributed by atoms with van der Waals surface area (Å²) in [6.07, 6.45) is 1.70. The smallest absolute Gasteiger partial charge is 0.166 e. The predicted octanol–water partition coefficient (Wildman–Crippen LogP) is 1.41. The lowest BCUT2D eigenvalue weighted by Gasteiger charge is -2.25. The fourth-order valence-corrected chi connectivity index (χ4v) is 2.43. The summed E-state index contributed by atoms with van der Waals surface area (Å²) >= 11 is 0. The fourth-order valence-electron chi connectivity index (χ4n) is 2.43. The van der Waals surface area contributed by atoms with Gasteiger partial charge in [0.25, 0.3) is 0 Å². The number of ether oxygens (including phenoxy) is 3. The van der Waals surface area contributed by atoms with Crippen LogP contribution >= 0.6 is 0 Å². The number of hydrazine groups is 1. The molecule has 1 aromatic heterocycles. The Balaban J connectivity index is 2.08. The first kappa shape index (κ1) is 13.7. The van der Waals surface area contributed by atoms with Crippen molar-refractivity contribution in [3.63, 3.8) is 0 Å². The minimum Gasteiger partial charge on any atom is -0.495 e. The molecule has 1 aliphatic rings. The minimum atomic E-state index is -0.349. The van der Waals surface area contributed by atoms with Crippen LogP contribution < -0.4 is 25.5 Å². The molecule has 0 radical (unpaired) electrons. The van der Waals surface area contributed by atoms with Crippen molar-refractivity contribution in [3.8, 4) is 17.2 Å². The molecule has 0 bridgehead atoms. The van der Waals surface area contributed by atoms with Gasteiger partial charge in [-0.1, -0.05) is 12.1 Å². The van der Waals surface area contributed by atoms with Crippen LogP contribution in [-0.4, -0.2) is 25.3 Å². The Labute approximate surface area is 122 Å². The van der Waals surface area contributed by atoms with Gasteiger partial charge < -0.3 is 14.2 Å². The number of nitrogens with one attached hydrogen (secondary N) is 1. The van der Waals surface area contributed by atoms with Crippen LogP contribution in [0.2, 0.25) is 0 Å². The fraction of sp³-hybridized carbons (Fsp3) is 0.267. The van der Waals surface area contributed by atoms with E-state index in [2.05, 4.69) is 10.4 Å². The molecule has 110 valence electrons. The summed E-state index contributed by atoms with van der Waals surface area (Å²) < 4.78 is 16.7. The third kappa shape index (κ3) is 2.51. The quantitative estimate of drug-likeness (QED) is 0.654. The molecule has 1 unspecified atom stereocenters. The largest absolute Gasteiger partial charge is 0.495 e. The SMILES string of the molecule is COc1cccnc1C(NN)c1cccc2c1OCCO2. The molecule has 2 aromatic rings. The van der Waals surface area contributed by atoms with Crippen molar-refractivity contribution >= 4 is 0 Å². The molecule has 1 aromatic carbocycles. The molecule has 0 amide bonds. The van der Waals surface area contributed by atoms with Crippen molar-refractivity contribution in [2.75, 3.05) is 20.3 Å². The number of nitrogens with two attached hydrogens (primary N) is 1. The molecule has 1 atom stereocenters. The van der Waals surface area contributed by atoms with Gasteiger partial charge in [-0.25, -0.2) is 5.43 Å². The summed E-state index contributed by atoms with van der Waals surface area (Å²) in [6.45, 7) is 1.06. The summed E-state index contributed by atoms with van der Waals surface area (Å²) in [4.78, 5) is 4.38. The first-order valence-electron chi connectivity index (χ1n) is 6.68. The van der Waals surface area contributed by atoms with Gasteiger partial charge in [0.05, 0.1) is 13.2 Å². The second-order valence-corrected chi connectivity index (χ2v) is 4.56. The second kappa shape index (κ2) is 5.99. The van der Waals surface area contributed by atoms with E-state index in [0.29, 0.717) is 36.2 Å². The van der Waals surface area contributed by atoms with E-state index in [0.717, 1.165) is 5.56 Å². The molecule has 6 nitrogen and oxygen atoms in total. The molecule has 0 fully saturated rings. The molecule has 6 heteroatoms. The van der Waals surface area contributed by atoms with Crippen molar-refractivity contribution in [2.45, 2.75) is 6.04 Å². The Bertz CT molecular complexity index is 633. The van der Waals surface area contributed by atoms with Crippen LogP contribution in [0, 0.1) is 0 Å². The van der Waals surface area contributed by atoms with Gasteiger partial charge in [0.1, 0.15) is 24.7 Å². The van der Waals surface area contributed by atoms with E-state index >= 15 is 0 Å². The average Bonchev–Trinajstić information content (AvgIpc) is 2.56. The van der Waals surface area contributed by atoms with Crippen LogP contribution in [0.3, 0.4) is 0 Å². The molecule has 3 N–H and O–H groups in total. The molecule has 2 heterocycles. The van der Waals surface area contributed by atoms with Crippen molar-refractivity contribution in [1.29, 1.82) is 0 Å². The number of hydrogen-bond donors (Lipinski definition) is 2. The highest BCUT2D eigenvalue weighted by Crippen LogP contribution is 2.39. The van der Waals surface area contributed by atoms with E-state index in [1.165, 1.54) is 0 Å². The zero-order valence-corrected chi connectivity index (χ0v) is 11.7. The molecule has 1 aliphatic heterocycles. The van der Waals surface area contributed by atoms with Gasteiger partial charge in [-0.15, -0.1) is 0 Å². The molecule has 0 spiro atoms. The highest BCUT2D eigenvalue weighted by molar-refractivity contribution is 5.52. The van der Waals surface area contributed by atoms with Crippen molar-refractivity contribution in [1.82, 2.24) is 10.4 Å². The van der Waals surface area contributed by atoms with E-state index in [9.17, 15) is 0 Å². The Hall–Kier alpha value is -2.31.